The Bertz CT molecular complexity index is 711. The number of Topliss-reactive ketones (excluding diaryl/α,β-unsaturated/α-hetero) is 2. The molecule has 2 aromatic rings. The standard InChI is InChI=1S/C8H5F3O.C8H7FO/c1-4(12)7-5(9)2-3-6(10)8(7)11;1-6(10)7-4-2-3-5-8(7)9/h2-3H,1H3;2-5H,1H3. The smallest absolute Gasteiger partial charge is 0.172 e. The fourth-order valence-electron chi connectivity index (χ4n) is 1.60. The third-order valence-corrected chi connectivity index (χ3v) is 2.65. The maximum absolute atomic E-state index is 12.7. The van der Waals surface area contributed by atoms with E-state index in [1.807, 2.05) is 0 Å². The highest BCUT2D eigenvalue weighted by atomic mass is 19.2. The number of carbonyl (C=O) groups excluding carboxylic acids is 2. The van der Waals surface area contributed by atoms with Gasteiger partial charge < -0.3 is 0 Å². The minimum atomic E-state index is -1.43. The number of carbonyl (C=O) groups is 2. The average Bonchev–Trinajstić information content (AvgIpc) is 2.44. The van der Waals surface area contributed by atoms with E-state index in [1.165, 1.54) is 19.1 Å². The summed E-state index contributed by atoms with van der Waals surface area (Å²) in [6.45, 7) is 2.32. The minimum Gasteiger partial charge on any atom is -0.294 e. The highest BCUT2D eigenvalue weighted by molar-refractivity contribution is 5.94. The molecule has 0 fully saturated rings. The lowest BCUT2D eigenvalue weighted by Crippen LogP contribution is -2.03. The molecule has 0 atom stereocenters. The molecule has 2 nitrogen and oxygen atoms in total. The molecule has 22 heavy (non-hydrogen) atoms. The second-order valence-electron chi connectivity index (χ2n) is 4.31. The maximum atomic E-state index is 12.7. The summed E-state index contributed by atoms with van der Waals surface area (Å²) in [5, 5.41) is 0. The van der Waals surface area contributed by atoms with Crippen molar-refractivity contribution in [2.24, 2.45) is 0 Å². The van der Waals surface area contributed by atoms with Crippen LogP contribution in [0, 0.1) is 23.3 Å². The molecule has 0 aliphatic carbocycles. The summed E-state index contributed by atoms with van der Waals surface area (Å²) >= 11 is 0. The van der Waals surface area contributed by atoms with Crippen LogP contribution in [-0.4, -0.2) is 11.6 Å². The van der Waals surface area contributed by atoms with E-state index in [-0.39, 0.29) is 11.3 Å². The van der Waals surface area contributed by atoms with E-state index in [2.05, 4.69) is 0 Å². The Balaban J connectivity index is 0.000000224. The fraction of sp³-hybridized carbons (Fsp3) is 0.125. The summed E-state index contributed by atoms with van der Waals surface area (Å²) < 4.78 is 50.4. The van der Waals surface area contributed by atoms with Crippen LogP contribution >= 0.6 is 0 Å². The molecule has 0 aromatic heterocycles. The van der Waals surface area contributed by atoms with Gasteiger partial charge >= 0.3 is 0 Å². The van der Waals surface area contributed by atoms with Gasteiger partial charge in [-0.2, -0.15) is 0 Å². The Morgan fingerprint density at radius 2 is 1.27 bits per heavy atom. The predicted octanol–water partition coefficient (Wildman–Crippen LogP) is 4.33. The van der Waals surface area contributed by atoms with E-state index in [4.69, 9.17) is 0 Å². The Kier molecular flexibility index (Phi) is 5.98. The number of benzene rings is 2. The summed E-state index contributed by atoms with van der Waals surface area (Å²) in [5.74, 6) is -5.21. The van der Waals surface area contributed by atoms with Gasteiger partial charge in [-0.1, -0.05) is 12.1 Å². The van der Waals surface area contributed by atoms with Gasteiger partial charge in [0.05, 0.1) is 11.1 Å². The van der Waals surface area contributed by atoms with Crippen molar-refractivity contribution >= 4 is 11.6 Å². The third kappa shape index (κ3) is 4.25. The van der Waals surface area contributed by atoms with Crippen LogP contribution in [0.1, 0.15) is 34.6 Å². The molecule has 0 aliphatic rings. The summed E-state index contributed by atoms with van der Waals surface area (Å²) in [7, 11) is 0. The van der Waals surface area contributed by atoms with Crippen molar-refractivity contribution in [3.63, 3.8) is 0 Å². The lowest BCUT2D eigenvalue weighted by molar-refractivity contribution is 0.0997. The van der Waals surface area contributed by atoms with Crippen molar-refractivity contribution in [1.82, 2.24) is 0 Å². The van der Waals surface area contributed by atoms with Crippen LogP contribution in [0.5, 0.6) is 0 Å². The molecule has 0 saturated heterocycles. The molecule has 6 heteroatoms. The highest BCUT2D eigenvalue weighted by Gasteiger charge is 2.16. The second-order valence-corrected chi connectivity index (χ2v) is 4.31. The maximum Gasteiger partial charge on any atom is 0.172 e. The summed E-state index contributed by atoms with van der Waals surface area (Å²) in [6, 6.07) is 7.29. The van der Waals surface area contributed by atoms with Crippen molar-refractivity contribution in [2.75, 3.05) is 0 Å². The topological polar surface area (TPSA) is 34.1 Å². The zero-order valence-electron chi connectivity index (χ0n) is 11.8. The number of halogens is 4. The molecular weight excluding hydrogens is 300 g/mol. The quantitative estimate of drug-likeness (QED) is 0.470. The molecule has 0 saturated carbocycles. The van der Waals surface area contributed by atoms with Crippen LogP contribution in [0.2, 0.25) is 0 Å². The number of hydrogen-bond donors (Lipinski definition) is 0. The van der Waals surface area contributed by atoms with Crippen molar-refractivity contribution < 1.29 is 27.2 Å². The van der Waals surface area contributed by atoms with Gasteiger partial charge in [-0.25, -0.2) is 17.6 Å². The lowest BCUT2D eigenvalue weighted by Gasteiger charge is -2.00. The first kappa shape index (κ1) is 17.6. The average molecular weight is 312 g/mol. The minimum absolute atomic E-state index is 0.155. The first-order valence-electron chi connectivity index (χ1n) is 6.15. The molecule has 116 valence electrons. The van der Waals surface area contributed by atoms with E-state index in [0.29, 0.717) is 6.07 Å². The normalized spacial score (nSPS) is 9.73. The molecule has 2 aromatic carbocycles. The summed E-state index contributed by atoms with van der Waals surface area (Å²) in [6.07, 6.45) is 0. The van der Waals surface area contributed by atoms with Gasteiger partial charge in [0.25, 0.3) is 0 Å². The van der Waals surface area contributed by atoms with Crippen molar-refractivity contribution in [2.45, 2.75) is 13.8 Å². The molecule has 0 radical (unpaired) electrons. The van der Waals surface area contributed by atoms with Gasteiger partial charge in [-0.05, 0) is 38.1 Å². The highest BCUT2D eigenvalue weighted by Crippen LogP contribution is 2.15. The first-order valence-corrected chi connectivity index (χ1v) is 6.15. The van der Waals surface area contributed by atoms with E-state index in [1.54, 1.807) is 12.1 Å². The molecule has 0 unspecified atom stereocenters. The van der Waals surface area contributed by atoms with Gasteiger partial charge in [0, 0.05) is 0 Å². The largest absolute Gasteiger partial charge is 0.294 e. The Hall–Kier alpha value is -2.50. The van der Waals surface area contributed by atoms with E-state index >= 15 is 0 Å². The van der Waals surface area contributed by atoms with Gasteiger partial charge in [-0.15, -0.1) is 0 Å². The van der Waals surface area contributed by atoms with Gasteiger partial charge in [0.1, 0.15) is 11.6 Å². The fourth-order valence-corrected chi connectivity index (χ4v) is 1.60. The zero-order chi connectivity index (χ0) is 16.9. The lowest BCUT2D eigenvalue weighted by atomic mass is 10.1. The summed E-state index contributed by atoms with van der Waals surface area (Å²) in [5.41, 5.74) is -0.669. The number of rotatable bonds is 2. The molecule has 0 heterocycles. The van der Waals surface area contributed by atoms with Crippen molar-refractivity contribution in [1.29, 1.82) is 0 Å². The molecule has 0 spiro atoms. The SMILES string of the molecule is CC(=O)c1c(F)ccc(F)c1F.CC(=O)c1ccccc1F. The van der Waals surface area contributed by atoms with Crippen LogP contribution in [0.25, 0.3) is 0 Å². The number of ketones is 2. The van der Waals surface area contributed by atoms with Crippen LogP contribution in [0.15, 0.2) is 36.4 Å². The van der Waals surface area contributed by atoms with Crippen LogP contribution in [-0.2, 0) is 0 Å². The Labute approximate surface area is 124 Å². The van der Waals surface area contributed by atoms with E-state index in [9.17, 15) is 27.2 Å². The molecular formula is C16H12F4O2. The third-order valence-electron chi connectivity index (χ3n) is 2.65. The number of hydrogen-bond acceptors (Lipinski definition) is 2. The van der Waals surface area contributed by atoms with Gasteiger partial charge in [-0.3, -0.25) is 9.59 Å². The van der Waals surface area contributed by atoms with Crippen LogP contribution in [0.4, 0.5) is 17.6 Å². The zero-order valence-corrected chi connectivity index (χ0v) is 11.8. The Morgan fingerprint density at radius 3 is 1.68 bits per heavy atom. The van der Waals surface area contributed by atoms with Crippen molar-refractivity contribution in [3.05, 3.63) is 70.8 Å². The molecule has 2 rings (SSSR count). The second kappa shape index (κ2) is 7.49. The predicted molar refractivity (Wildman–Crippen MR) is 72.7 cm³/mol. The monoisotopic (exact) mass is 312 g/mol. The van der Waals surface area contributed by atoms with Gasteiger partial charge in [0.2, 0.25) is 0 Å². The first-order chi connectivity index (χ1) is 10.3. The Morgan fingerprint density at radius 1 is 0.727 bits per heavy atom. The van der Waals surface area contributed by atoms with Crippen molar-refractivity contribution in [3.8, 4) is 0 Å². The molecule has 0 amide bonds. The molecule has 0 N–H and O–H groups in total. The summed E-state index contributed by atoms with van der Waals surface area (Å²) in [4.78, 5) is 21.2. The van der Waals surface area contributed by atoms with Crippen LogP contribution in [0.3, 0.4) is 0 Å². The van der Waals surface area contributed by atoms with Crippen LogP contribution < -0.4 is 0 Å². The van der Waals surface area contributed by atoms with E-state index in [0.717, 1.165) is 13.0 Å². The van der Waals surface area contributed by atoms with Gasteiger partial charge in [0.15, 0.2) is 23.2 Å². The van der Waals surface area contributed by atoms with E-state index < -0.39 is 34.6 Å². The molecule has 0 aliphatic heterocycles. The molecule has 0 bridgehead atoms.